The monoisotopic (exact) mass is 252 g/mol. The number of benzene rings is 1. The third-order valence-electron chi connectivity index (χ3n) is 2.05. The molecule has 0 bridgehead atoms. The van der Waals surface area contributed by atoms with Crippen LogP contribution >= 0.6 is 11.6 Å². The Morgan fingerprint density at radius 3 is 3.00 bits per heavy atom. The normalized spacial score (nSPS) is 10.0. The molecule has 2 aromatic rings. The molecule has 0 fully saturated rings. The summed E-state index contributed by atoms with van der Waals surface area (Å²) in [5, 5.41) is 9.06. The zero-order valence-corrected chi connectivity index (χ0v) is 9.65. The van der Waals surface area contributed by atoms with E-state index in [4.69, 9.17) is 16.3 Å². The van der Waals surface area contributed by atoms with Gasteiger partial charge in [-0.1, -0.05) is 11.6 Å². The van der Waals surface area contributed by atoms with Crippen molar-refractivity contribution in [1.29, 1.82) is 0 Å². The number of hydrogen-bond donors (Lipinski definition) is 2. The highest BCUT2D eigenvalue weighted by Crippen LogP contribution is 2.26. The van der Waals surface area contributed by atoms with Crippen molar-refractivity contribution in [2.24, 2.45) is 0 Å². The number of aromatic nitrogens is 3. The summed E-state index contributed by atoms with van der Waals surface area (Å²) in [7, 11) is 1.53. The molecule has 1 amide bonds. The smallest absolute Gasteiger partial charge is 0.293 e. The van der Waals surface area contributed by atoms with E-state index in [1.807, 2.05) is 0 Å². The molecule has 2 rings (SSSR count). The zero-order chi connectivity index (χ0) is 12.3. The van der Waals surface area contributed by atoms with Crippen molar-refractivity contribution in [2.45, 2.75) is 0 Å². The number of H-pyrrole nitrogens is 1. The first kappa shape index (κ1) is 11.4. The number of carbonyl (C=O) groups excluding carboxylic acids is 1. The maximum absolute atomic E-state index is 11.7. The van der Waals surface area contributed by atoms with E-state index in [1.54, 1.807) is 18.2 Å². The summed E-state index contributed by atoms with van der Waals surface area (Å²) in [6.45, 7) is 0. The lowest BCUT2D eigenvalue weighted by Crippen LogP contribution is -2.14. The molecular formula is C10H9ClN4O2. The second kappa shape index (κ2) is 4.84. The molecule has 7 heteroatoms. The number of rotatable bonds is 3. The van der Waals surface area contributed by atoms with E-state index < -0.39 is 5.91 Å². The Labute approximate surface area is 102 Å². The molecule has 0 unspecified atom stereocenters. The SMILES string of the molecule is COc1ccc(Cl)c(NC(=O)c2ncn[nH]2)c1. The van der Waals surface area contributed by atoms with Crippen LogP contribution in [0.25, 0.3) is 0 Å². The minimum absolute atomic E-state index is 0.115. The Morgan fingerprint density at radius 2 is 2.35 bits per heavy atom. The van der Waals surface area contributed by atoms with Crippen LogP contribution in [0.15, 0.2) is 24.5 Å². The third kappa shape index (κ3) is 2.54. The van der Waals surface area contributed by atoms with E-state index >= 15 is 0 Å². The number of halogens is 1. The van der Waals surface area contributed by atoms with Crippen LogP contribution in [0.2, 0.25) is 5.02 Å². The summed E-state index contributed by atoms with van der Waals surface area (Å²) in [6, 6.07) is 4.96. The lowest BCUT2D eigenvalue weighted by atomic mass is 10.3. The van der Waals surface area contributed by atoms with Gasteiger partial charge in [0.1, 0.15) is 12.1 Å². The number of anilines is 1. The number of hydrogen-bond acceptors (Lipinski definition) is 4. The fourth-order valence-electron chi connectivity index (χ4n) is 1.22. The van der Waals surface area contributed by atoms with Crippen LogP contribution in [0.3, 0.4) is 0 Å². The van der Waals surface area contributed by atoms with E-state index in [-0.39, 0.29) is 5.82 Å². The number of nitrogens with one attached hydrogen (secondary N) is 2. The molecule has 0 atom stereocenters. The maximum Gasteiger partial charge on any atom is 0.293 e. The van der Waals surface area contributed by atoms with Gasteiger partial charge < -0.3 is 10.1 Å². The van der Waals surface area contributed by atoms with Crippen LogP contribution in [-0.2, 0) is 0 Å². The molecule has 0 aliphatic heterocycles. The van der Waals surface area contributed by atoms with Gasteiger partial charge in [0.25, 0.3) is 5.91 Å². The Bertz CT molecular complexity index is 527. The molecule has 0 aliphatic rings. The first-order chi connectivity index (χ1) is 8.20. The van der Waals surface area contributed by atoms with Gasteiger partial charge in [-0.15, -0.1) is 0 Å². The molecular weight excluding hydrogens is 244 g/mol. The molecule has 0 radical (unpaired) electrons. The minimum Gasteiger partial charge on any atom is -0.497 e. The van der Waals surface area contributed by atoms with E-state index in [0.29, 0.717) is 16.5 Å². The van der Waals surface area contributed by atoms with Gasteiger partial charge in [-0.25, -0.2) is 4.98 Å². The van der Waals surface area contributed by atoms with Gasteiger partial charge in [-0.05, 0) is 12.1 Å². The van der Waals surface area contributed by atoms with Gasteiger partial charge in [0.15, 0.2) is 0 Å². The van der Waals surface area contributed by atoms with Crippen LogP contribution < -0.4 is 10.1 Å². The van der Waals surface area contributed by atoms with Gasteiger partial charge in [0.2, 0.25) is 5.82 Å². The average Bonchev–Trinajstić information content (AvgIpc) is 2.85. The molecule has 1 aromatic heterocycles. The summed E-state index contributed by atoms with van der Waals surface area (Å²) >= 11 is 5.94. The van der Waals surface area contributed by atoms with Crippen LogP contribution in [0.4, 0.5) is 5.69 Å². The summed E-state index contributed by atoms with van der Waals surface area (Å²) in [6.07, 6.45) is 1.25. The topological polar surface area (TPSA) is 79.9 Å². The number of nitrogens with zero attached hydrogens (tertiary/aromatic N) is 2. The zero-order valence-electron chi connectivity index (χ0n) is 8.90. The number of aromatic amines is 1. The lowest BCUT2D eigenvalue weighted by Gasteiger charge is -2.07. The van der Waals surface area contributed by atoms with E-state index in [0.717, 1.165) is 0 Å². The molecule has 1 heterocycles. The largest absolute Gasteiger partial charge is 0.497 e. The molecule has 88 valence electrons. The van der Waals surface area contributed by atoms with Crippen LogP contribution in [-0.4, -0.2) is 28.2 Å². The minimum atomic E-state index is -0.419. The van der Waals surface area contributed by atoms with Crippen molar-refractivity contribution < 1.29 is 9.53 Å². The molecule has 2 N–H and O–H groups in total. The Hall–Kier alpha value is -2.08. The van der Waals surface area contributed by atoms with Crippen LogP contribution in [0.1, 0.15) is 10.6 Å². The number of amides is 1. The van der Waals surface area contributed by atoms with E-state index in [1.165, 1.54) is 13.4 Å². The van der Waals surface area contributed by atoms with Crippen molar-refractivity contribution in [3.63, 3.8) is 0 Å². The summed E-state index contributed by atoms with van der Waals surface area (Å²) in [5.74, 6) is 0.295. The summed E-state index contributed by atoms with van der Waals surface area (Å²) < 4.78 is 5.04. The quantitative estimate of drug-likeness (QED) is 0.872. The van der Waals surface area contributed by atoms with E-state index in [9.17, 15) is 4.79 Å². The van der Waals surface area contributed by atoms with Crippen molar-refractivity contribution in [1.82, 2.24) is 15.2 Å². The predicted molar refractivity (Wildman–Crippen MR) is 62.3 cm³/mol. The van der Waals surface area contributed by atoms with Gasteiger partial charge in [-0.3, -0.25) is 9.89 Å². The number of carbonyl (C=O) groups is 1. The average molecular weight is 253 g/mol. The standard InChI is InChI=1S/C10H9ClN4O2/c1-17-6-2-3-7(11)8(4-6)14-10(16)9-12-5-13-15-9/h2-5H,1H3,(H,14,16)(H,12,13,15). The fraction of sp³-hybridized carbons (Fsp3) is 0.100. The lowest BCUT2D eigenvalue weighted by molar-refractivity contribution is 0.101. The van der Waals surface area contributed by atoms with E-state index in [2.05, 4.69) is 20.5 Å². The second-order valence-corrected chi connectivity index (χ2v) is 3.54. The van der Waals surface area contributed by atoms with Crippen LogP contribution in [0, 0.1) is 0 Å². The molecule has 0 saturated heterocycles. The van der Waals surface area contributed by atoms with Crippen LogP contribution in [0.5, 0.6) is 5.75 Å². The molecule has 0 aliphatic carbocycles. The molecule has 0 spiro atoms. The predicted octanol–water partition coefficient (Wildman–Crippen LogP) is 1.72. The van der Waals surface area contributed by atoms with Gasteiger partial charge in [0, 0.05) is 6.07 Å². The first-order valence-electron chi connectivity index (χ1n) is 4.71. The highest BCUT2D eigenvalue weighted by Gasteiger charge is 2.11. The van der Waals surface area contributed by atoms with Crippen molar-refractivity contribution in [3.8, 4) is 5.75 Å². The Morgan fingerprint density at radius 1 is 1.53 bits per heavy atom. The van der Waals surface area contributed by atoms with Gasteiger partial charge in [-0.2, -0.15) is 5.10 Å². The molecule has 6 nitrogen and oxygen atoms in total. The Kier molecular flexibility index (Phi) is 3.24. The molecule has 1 aromatic carbocycles. The van der Waals surface area contributed by atoms with Gasteiger partial charge >= 0.3 is 0 Å². The van der Waals surface area contributed by atoms with Crippen molar-refractivity contribution >= 4 is 23.2 Å². The van der Waals surface area contributed by atoms with Crippen molar-refractivity contribution in [3.05, 3.63) is 35.4 Å². The number of methoxy groups -OCH3 is 1. The molecule has 0 saturated carbocycles. The maximum atomic E-state index is 11.7. The fourth-order valence-corrected chi connectivity index (χ4v) is 1.39. The second-order valence-electron chi connectivity index (χ2n) is 3.13. The first-order valence-corrected chi connectivity index (χ1v) is 5.09. The summed E-state index contributed by atoms with van der Waals surface area (Å²) in [4.78, 5) is 15.4. The highest BCUT2D eigenvalue weighted by atomic mass is 35.5. The third-order valence-corrected chi connectivity index (χ3v) is 2.38. The molecule has 17 heavy (non-hydrogen) atoms. The summed E-state index contributed by atoms with van der Waals surface area (Å²) in [5.41, 5.74) is 0.451. The number of ether oxygens (including phenoxy) is 1. The highest BCUT2D eigenvalue weighted by molar-refractivity contribution is 6.33. The van der Waals surface area contributed by atoms with Gasteiger partial charge in [0.05, 0.1) is 17.8 Å². The Balaban J connectivity index is 2.21. The van der Waals surface area contributed by atoms with Crippen molar-refractivity contribution in [2.75, 3.05) is 12.4 Å².